The molecule has 1 aromatic heterocycles. The highest BCUT2D eigenvalue weighted by Gasteiger charge is 2.23. The molecule has 3 rings (SSSR count). The van der Waals surface area contributed by atoms with Gasteiger partial charge in [-0.1, -0.05) is 31.0 Å². The van der Waals surface area contributed by atoms with Crippen molar-refractivity contribution in [2.24, 2.45) is 11.7 Å². The van der Waals surface area contributed by atoms with Crippen LogP contribution in [0.2, 0.25) is 0 Å². The van der Waals surface area contributed by atoms with Crippen molar-refractivity contribution < 1.29 is 0 Å². The molecule has 2 aromatic rings. The zero-order valence-electron chi connectivity index (χ0n) is 9.47. The van der Waals surface area contributed by atoms with Crippen molar-refractivity contribution in [2.45, 2.75) is 31.8 Å². The summed E-state index contributed by atoms with van der Waals surface area (Å²) in [6, 6.07) is 10.6. The minimum absolute atomic E-state index is 0.155. The number of rotatable bonds is 2. The van der Waals surface area contributed by atoms with Gasteiger partial charge in [-0.05, 0) is 36.3 Å². The van der Waals surface area contributed by atoms with E-state index in [0.717, 1.165) is 0 Å². The van der Waals surface area contributed by atoms with Crippen molar-refractivity contribution in [1.82, 2.24) is 4.57 Å². The number of nitrogens with zero attached hydrogens (tertiary/aromatic N) is 1. The second-order valence-electron chi connectivity index (χ2n) is 4.82. The molecular weight excluding hydrogens is 196 g/mol. The topological polar surface area (TPSA) is 30.9 Å². The van der Waals surface area contributed by atoms with Gasteiger partial charge in [-0.15, -0.1) is 0 Å². The second kappa shape index (κ2) is 3.95. The van der Waals surface area contributed by atoms with E-state index in [1.165, 1.54) is 36.6 Å². The van der Waals surface area contributed by atoms with Crippen LogP contribution in [0, 0.1) is 5.92 Å². The van der Waals surface area contributed by atoms with Crippen molar-refractivity contribution in [3.05, 3.63) is 36.5 Å². The third-order valence-corrected chi connectivity index (χ3v) is 3.83. The lowest BCUT2D eigenvalue weighted by Gasteiger charge is -2.21. The summed E-state index contributed by atoms with van der Waals surface area (Å²) in [5.74, 6) is 0.663. The Bertz CT molecular complexity index is 480. The van der Waals surface area contributed by atoms with Gasteiger partial charge in [0.15, 0.2) is 0 Å². The standard InChI is InChI=1S/C14H18N2/c15-14(12-6-1-2-7-12)16-10-9-11-5-3-4-8-13(11)16/h3-5,8-10,12,14H,1-2,6-7,15H2. The van der Waals surface area contributed by atoms with Crippen LogP contribution in [-0.4, -0.2) is 4.57 Å². The molecule has 16 heavy (non-hydrogen) atoms. The van der Waals surface area contributed by atoms with Gasteiger partial charge in [-0.3, -0.25) is 0 Å². The van der Waals surface area contributed by atoms with Crippen molar-refractivity contribution >= 4 is 10.9 Å². The summed E-state index contributed by atoms with van der Waals surface area (Å²) in [4.78, 5) is 0. The van der Waals surface area contributed by atoms with Crippen molar-refractivity contribution in [1.29, 1.82) is 0 Å². The van der Waals surface area contributed by atoms with E-state index in [1.54, 1.807) is 0 Å². The van der Waals surface area contributed by atoms with Crippen molar-refractivity contribution in [3.8, 4) is 0 Å². The van der Waals surface area contributed by atoms with Crippen LogP contribution in [0.25, 0.3) is 10.9 Å². The number of para-hydroxylation sites is 1. The van der Waals surface area contributed by atoms with Crippen LogP contribution in [0.4, 0.5) is 0 Å². The zero-order valence-corrected chi connectivity index (χ0v) is 9.47. The smallest absolute Gasteiger partial charge is 0.0843 e. The minimum atomic E-state index is 0.155. The largest absolute Gasteiger partial charge is 0.331 e. The van der Waals surface area contributed by atoms with Crippen LogP contribution >= 0.6 is 0 Å². The highest BCUT2D eigenvalue weighted by Crippen LogP contribution is 2.33. The summed E-state index contributed by atoms with van der Waals surface area (Å²) >= 11 is 0. The molecule has 84 valence electrons. The Morgan fingerprint density at radius 1 is 1.12 bits per heavy atom. The molecule has 1 fully saturated rings. The van der Waals surface area contributed by atoms with E-state index in [0.29, 0.717) is 5.92 Å². The molecule has 1 saturated carbocycles. The van der Waals surface area contributed by atoms with Crippen LogP contribution in [0.1, 0.15) is 31.8 Å². The van der Waals surface area contributed by atoms with Gasteiger partial charge in [-0.2, -0.15) is 0 Å². The van der Waals surface area contributed by atoms with E-state index in [9.17, 15) is 0 Å². The van der Waals surface area contributed by atoms with Crippen LogP contribution in [0.3, 0.4) is 0 Å². The van der Waals surface area contributed by atoms with Gasteiger partial charge >= 0.3 is 0 Å². The molecule has 2 nitrogen and oxygen atoms in total. The number of fused-ring (bicyclic) bond motifs is 1. The highest BCUT2D eigenvalue weighted by atomic mass is 15.1. The van der Waals surface area contributed by atoms with E-state index < -0.39 is 0 Å². The Morgan fingerprint density at radius 3 is 2.69 bits per heavy atom. The van der Waals surface area contributed by atoms with E-state index in [-0.39, 0.29) is 6.17 Å². The second-order valence-corrected chi connectivity index (χ2v) is 4.82. The molecule has 0 bridgehead atoms. The SMILES string of the molecule is NC(C1CCCC1)n1ccc2ccccc21. The van der Waals surface area contributed by atoms with Gasteiger partial charge in [0.25, 0.3) is 0 Å². The molecule has 1 aromatic carbocycles. The fourth-order valence-corrected chi connectivity index (χ4v) is 2.89. The summed E-state index contributed by atoms with van der Waals surface area (Å²) in [6.07, 6.45) is 7.55. The molecule has 0 radical (unpaired) electrons. The quantitative estimate of drug-likeness (QED) is 0.817. The van der Waals surface area contributed by atoms with E-state index in [1.807, 2.05) is 0 Å². The average Bonchev–Trinajstić information content (AvgIpc) is 2.98. The molecule has 0 spiro atoms. The Balaban J connectivity index is 1.98. The van der Waals surface area contributed by atoms with Crippen molar-refractivity contribution in [3.63, 3.8) is 0 Å². The fraction of sp³-hybridized carbons (Fsp3) is 0.429. The Morgan fingerprint density at radius 2 is 1.88 bits per heavy atom. The number of hydrogen-bond acceptors (Lipinski definition) is 1. The van der Waals surface area contributed by atoms with Crippen LogP contribution in [-0.2, 0) is 0 Å². The lowest BCUT2D eigenvalue weighted by atomic mass is 10.1. The number of nitrogens with two attached hydrogens (primary N) is 1. The van der Waals surface area contributed by atoms with E-state index in [2.05, 4.69) is 41.1 Å². The first-order chi connectivity index (χ1) is 7.86. The molecule has 1 aliphatic carbocycles. The van der Waals surface area contributed by atoms with Crippen molar-refractivity contribution in [2.75, 3.05) is 0 Å². The highest BCUT2D eigenvalue weighted by molar-refractivity contribution is 5.80. The summed E-state index contributed by atoms with van der Waals surface area (Å²) in [6.45, 7) is 0. The number of aromatic nitrogens is 1. The first-order valence-corrected chi connectivity index (χ1v) is 6.17. The molecule has 0 amide bonds. The predicted octanol–water partition coefficient (Wildman–Crippen LogP) is 3.29. The van der Waals surface area contributed by atoms with Gasteiger partial charge in [0.1, 0.15) is 0 Å². The lowest BCUT2D eigenvalue weighted by Crippen LogP contribution is -2.25. The molecule has 1 unspecified atom stereocenters. The van der Waals surface area contributed by atoms with Gasteiger partial charge < -0.3 is 10.3 Å². The molecule has 0 aliphatic heterocycles. The van der Waals surface area contributed by atoms with Gasteiger partial charge in [-0.25, -0.2) is 0 Å². The predicted molar refractivity (Wildman–Crippen MR) is 67.1 cm³/mol. The molecule has 1 heterocycles. The van der Waals surface area contributed by atoms with Crippen LogP contribution < -0.4 is 5.73 Å². The summed E-state index contributed by atoms with van der Waals surface area (Å²) in [7, 11) is 0. The first kappa shape index (κ1) is 9.91. The number of hydrogen-bond donors (Lipinski definition) is 1. The average molecular weight is 214 g/mol. The van der Waals surface area contributed by atoms with Gasteiger partial charge in [0, 0.05) is 11.7 Å². The number of benzene rings is 1. The fourth-order valence-electron chi connectivity index (χ4n) is 2.89. The monoisotopic (exact) mass is 214 g/mol. The molecule has 1 atom stereocenters. The summed E-state index contributed by atoms with van der Waals surface area (Å²) < 4.78 is 2.24. The molecular formula is C14H18N2. The maximum atomic E-state index is 6.37. The molecule has 2 heteroatoms. The summed E-state index contributed by atoms with van der Waals surface area (Å²) in [5, 5.41) is 1.29. The molecule has 0 saturated heterocycles. The maximum Gasteiger partial charge on any atom is 0.0843 e. The van der Waals surface area contributed by atoms with E-state index in [4.69, 9.17) is 5.73 Å². The van der Waals surface area contributed by atoms with Crippen LogP contribution in [0.15, 0.2) is 36.5 Å². The van der Waals surface area contributed by atoms with Crippen LogP contribution in [0.5, 0.6) is 0 Å². The lowest BCUT2D eigenvalue weighted by molar-refractivity contribution is 0.352. The van der Waals surface area contributed by atoms with Gasteiger partial charge in [0.2, 0.25) is 0 Å². The zero-order chi connectivity index (χ0) is 11.0. The van der Waals surface area contributed by atoms with Gasteiger partial charge in [0.05, 0.1) is 6.17 Å². The third-order valence-electron chi connectivity index (χ3n) is 3.83. The minimum Gasteiger partial charge on any atom is -0.331 e. The third kappa shape index (κ3) is 1.54. The van der Waals surface area contributed by atoms with E-state index >= 15 is 0 Å². The maximum absolute atomic E-state index is 6.37. The Kier molecular flexibility index (Phi) is 2.44. The first-order valence-electron chi connectivity index (χ1n) is 6.17. The Hall–Kier alpha value is -1.28. The Labute approximate surface area is 96.1 Å². The molecule has 2 N–H and O–H groups in total. The summed E-state index contributed by atoms with van der Waals surface area (Å²) in [5.41, 5.74) is 7.64. The normalized spacial score (nSPS) is 19.3. The molecule has 1 aliphatic rings.